The monoisotopic (exact) mass is 484 g/mol. The van der Waals surface area contributed by atoms with Crippen molar-refractivity contribution in [3.05, 3.63) is 52.4 Å². The lowest BCUT2D eigenvalue weighted by Crippen LogP contribution is -2.32. The molecule has 9 heteroatoms. The average Bonchev–Trinajstić information content (AvgIpc) is 3.09. The maximum Gasteiger partial charge on any atom is 0.234 e. The summed E-state index contributed by atoms with van der Waals surface area (Å²) in [4.78, 5) is 27.7. The largest absolute Gasteiger partial charge is 0.370 e. The molecule has 164 valence electrons. The van der Waals surface area contributed by atoms with E-state index in [0.29, 0.717) is 23.1 Å². The number of benzene rings is 1. The summed E-state index contributed by atoms with van der Waals surface area (Å²) in [5, 5.41) is 5.34. The Bertz CT molecular complexity index is 1350. The van der Waals surface area contributed by atoms with Crippen LogP contribution >= 0.6 is 34.7 Å². The number of thiophene rings is 1. The minimum absolute atomic E-state index is 0.101. The second-order valence-electron chi connectivity index (χ2n) is 8.37. The average molecular weight is 485 g/mol. The Morgan fingerprint density at radius 1 is 1.25 bits per heavy atom. The number of ether oxygens (including phenoxy) is 1. The number of aromatic nitrogens is 3. The summed E-state index contributed by atoms with van der Waals surface area (Å²) in [6, 6.07) is 9.21. The number of rotatable bonds is 4. The number of carbonyl (C=O) groups is 1. The molecule has 1 aromatic carbocycles. The zero-order valence-corrected chi connectivity index (χ0v) is 20.2. The lowest BCUT2D eigenvalue weighted by Gasteiger charge is -2.30. The van der Waals surface area contributed by atoms with Crippen LogP contribution in [0.3, 0.4) is 0 Å². The van der Waals surface area contributed by atoms with E-state index in [1.54, 1.807) is 35.6 Å². The van der Waals surface area contributed by atoms with Gasteiger partial charge in [0.25, 0.3) is 0 Å². The predicted octanol–water partition coefficient (Wildman–Crippen LogP) is 5.78. The summed E-state index contributed by atoms with van der Waals surface area (Å²) in [7, 11) is 0. The van der Waals surface area contributed by atoms with Crippen LogP contribution in [0.15, 0.2) is 35.4 Å². The molecule has 0 fully saturated rings. The molecule has 5 rings (SSSR count). The van der Waals surface area contributed by atoms with E-state index in [2.05, 4.69) is 30.2 Å². The molecule has 1 amide bonds. The van der Waals surface area contributed by atoms with Gasteiger partial charge >= 0.3 is 0 Å². The highest BCUT2D eigenvalue weighted by Crippen LogP contribution is 2.39. The van der Waals surface area contributed by atoms with Crippen LogP contribution in [0.2, 0.25) is 5.02 Å². The van der Waals surface area contributed by atoms with Gasteiger partial charge in [-0.15, -0.1) is 11.3 Å². The molecule has 0 spiro atoms. The van der Waals surface area contributed by atoms with Crippen LogP contribution in [0, 0.1) is 6.92 Å². The fourth-order valence-electron chi connectivity index (χ4n) is 3.70. The van der Waals surface area contributed by atoms with Gasteiger partial charge in [0.1, 0.15) is 15.7 Å². The number of aryl methyl sites for hydroxylation is 1. The molecule has 1 aliphatic heterocycles. The number of pyridine rings is 1. The number of fused-ring (bicyclic) bond motifs is 4. The molecule has 0 bridgehead atoms. The van der Waals surface area contributed by atoms with Crippen LogP contribution < -0.4 is 5.32 Å². The van der Waals surface area contributed by atoms with Gasteiger partial charge in [-0.25, -0.2) is 15.0 Å². The summed E-state index contributed by atoms with van der Waals surface area (Å²) >= 11 is 8.90. The van der Waals surface area contributed by atoms with E-state index >= 15 is 0 Å². The molecule has 4 aromatic rings. The molecular formula is C23H21ClN4O2S2. The highest BCUT2D eigenvalue weighted by molar-refractivity contribution is 8.00. The zero-order valence-electron chi connectivity index (χ0n) is 17.9. The molecule has 0 unspecified atom stereocenters. The quantitative estimate of drug-likeness (QED) is 0.292. The number of hydrogen-bond acceptors (Lipinski definition) is 7. The maximum absolute atomic E-state index is 12.5. The third kappa shape index (κ3) is 4.32. The van der Waals surface area contributed by atoms with Gasteiger partial charge in [-0.2, -0.15) is 0 Å². The van der Waals surface area contributed by atoms with Gasteiger partial charge in [0.2, 0.25) is 5.91 Å². The number of anilines is 1. The van der Waals surface area contributed by atoms with E-state index in [0.717, 1.165) is 43.1 Å². The molecule has 0 saturated heterocycles. The van der Waals surface area contributed by atoms with Gasteiger partial charge < -0.3 is 10.1 Å². The van der Waals surface area contributed by atoms with Crippen molar-refractivity contribution in [1.82, 2.24) is 15.0 Å². The highest BCUT2D eigenvalue weighted by Gasteiger charge is 2.28. The topological polar surface area (TPSA) is 77.0 Å². The van der Waals surface area contributed by atoms with Crippen LogP contribution in [0.25, 0.3) is 20.4 Å². The maximum atomic E-state index is 12.5. The molecule has 4 heterocycles. The van der Waals surface area contributed by atoms with Crippen LogP contribution in [0.5, 0.6) is 0 Å². The van der Waals surface area contributed by atoms with Crippen molar-refractivity contribution in [3.63, 3.8) is 0 Å². The number of nitrogens with zero attached hydrogens (tertiary/aromatic N) is 3. The first-order valence-corrected chi connectivity index (χ1v) is 12.4. The van der Waals surface area contributed by atoms with Crippen molar-refractivity contribution in [2.45, 2.75) is 44.4 Å². The first-order valence-electron chi connectivity index (χ1n) is 10.2. The van der Waals surface area contributed by atoms with Crippen LogP contribution in [0.1, 0.15) is 30.9 Å². The molecule has 0 radical (unpaired) electrons. The molecule has 1 aliphatic rings. The minimum Gasteiger partial charge on any atom is -0.370 e. The fourth-order valence-corrected chi connectivity index (χ4v) is 5.89. The van der Waals surface area contributed by atoms with Crippen molar-refractivity contribution in [3.8, 4) is 0 Å². The van der Waals surface area contributed by atoms with Crippen LogP contribution in [0.4, 0.5) is 5.69 Å². The summed E-state index contributed by atoms with van der Waals surface area (Å²) in [6.07, 6.45) is 0.781. The lowest BCUT2D eigenvalue weighted by atomic mass is 9.95. The van der Waals surface area contributed by atoms with Crippen molar-refractivity contribution in [2.24, 2.45) is 0 Å². The van der Waals surface area contributed by atoms with Gasteiger partial charge in [-0.3, -0.25) is 4.79 Å². The molecule has 3 aromatic heterocycles. The Labute approximate surface area is 198 Å². The molecule has 0 aliphatic carbocycles. The Morgan fingerprint density at radius 3 is 2.81 bits per heavy atom. The van der Waals surface area contributed by atoms with E-state index in [1.165, 1.54) is 11.8 Å². The smallest absolute Gasteiger partial charge is 0.234 e. The van der Waals surface area contributed by atoms with Gasteiger partial charge in [-0.05, 0) is 51.1 Å². The molecule has 0 atom stereocenters. The van der Waals surface area contributed by atoms with E-state index in [-0.39, 0.29) is 17.3 Å². The SMILES string of the molecule is Cc1nc(SCC(=O)Nc2ccc(Cl)cc2)c2sc3nc4c(cc3c2n1)COC(C)(C)C4. The third-order valence-corrected chi connectivity index (χ3v) is 7.69. The van der Waals surface area contributed by atoms with Crippen LogP contribution in [-0.4, -0.2) is 32.2 Å². The molecule has 1 N–H and O–H groups in total. The van der Waals surface area contributed by atoms with Gasteiger partial charge in [0.15, 0.2) is 0 Å². The van der Waals surface area contributed by atoms with E-state index in [4.69, 9.17) is 26.3 Å². The number of carbonyl (C=O) groups excluding carboxylic acids is 1. The third-order valence-electron chi connectivity index (χ3n) is 5.24. The first-order chi connectivity index (χ1) is 15.3. The van der Waals surface area contributed by atoms with Gasteiger partial charge in [0, 0.05) is 28.1 Å². The summed E-state index contributed by atoms with van der Waals surface area (Å²) in [5.41, 5.74) is 3.59. The van der Waals surface area contributed by atoms with E-state index in [9.17, 15) is 4.79 Å². The van der Waals surface area contributed by atoms with Crippen LogP contribution in [-0.2, 0) is 22.6 Å². The minimum atomic E-state index is -0.209. The highest BCUT2D eigenvalue weighted by atomic mass is 35.5. The number of hydrogen-bond donors (Lipinski definition) is 1. The summed E-state index contributed by atoms with van der Waals surface area (Å²) in [5.74, 6) is 0.817. The Balaban J connectivity index is 1.44. The second kappa shape index (κ2) is 8.26. The Morgan fingerprint density at radius 2 is 2.03 bits per heavy atom. The lowest BCUT2D eigenvalue weighted by molar-refractivity contribution is -0.113. The number of amides is 1. The van der Waals surface area contributed by atoms with Crippen molar-refractivity contribution >= 4 is 66.7 Å². The Hall–Kier alpha value is -2.26. The number of thioether (sulfide) groups is 1. The molecular weight excluding hydrogens is 464 g/mol. The standard InChI is InChI=1S/C23H21ClN4O2S2/c1-12-25-19-16-8-13-10-30-23(2,3)9-17(13)28-21(16)32-20(19)22(26-12)31-11-18(29)27-15-6-4-14(24)5-7-15/h4-8H,9-11H2,1-3H3,(H,27,29). The fraction of sp³-hybridized carbons (Fsp3) is 0.304. The second-order valence-corrected chi connectivity index (χ2v) is 10.8. The molecule has 0 saturated carbocycles. The van der Waals surface area contributed by atoms with Gasteiger partial charge in [-0.1, -0.05) is 23.4 Å². The molecule has 6 nitrogen and oxygen atoms in total. The summed E-state index contributed by atoms with van der Waals surface area (Å²) < 4.78 is 6.93. The van der Waals surface area contributed by atoms with Gasteiger partial charge in [0.05, 0.1) is 33.9 Å². The predicted molar refractivity (Wildman–Crippen MR) is 131 cm³/mol. The number of halogens is 1. The Kier molecular flexibility index (Phi) is 5.57. The zero-order chi connectivity index (χ0) is 22.5. The van der Waals surface area contributed by atoms with Crippen molar-refractivity contribution in [2.75, 3.05) is 11.1 Å². The molecule has 32 heavy (non-hydrogen) atoms. The first kappa shape index (κ1) is 21.6. The van der Waals surface area contributed by atoms with Crippen molar-refractivity contribution in [1.29, 1.82) is 0 Å². The van der Waals surface area contributed by atoms with E-state index in [1.807, 2.05) is 6.92 Å². The van der Waals surface area contributed by atoms with Crippen molar-refractivity contribution < 1.29 is 9.53 Å². The normalized spacial score (nSPS) is 15.1. The number of nitrogens with one attached hydrogen (secondary N) is 1. The summed E-state index contributed by atoms with van der Waals surface area (Å²) in [6.45, 7) is 6.61. The van der Waals surface area contributed by atoms with E-state index < -0.39 is 0 Å².